The molecule has 0 saturated carbocycles. The van der Waals surface area contributed by atoms with Crippen molar-refractivity contribution >= 4 is 0 Å². The zero-order valence-electron chi connectivity index (χ0n) is 18.7. The zero-order chi connectivity index (χ0) is 21.1. The molecule has 2 aromatic rings. The van der Waals surface area contributed by atoms with Gasteiger partial charge in [-0.3, -0.25) is 0 Å². The third-order valence-electron chi connectivity index (χ3n) is 4.23. The van der Waals surface area contributed by atoms with Crippen molar-refractivity contribution in [2.75, 3.05) is 28.2 Å². The molecule has 0 saturated heterocycles. The molecule has 0 aliphatic rings. The SMILES string of the molecule is CC(N)Cc1ccc(CC(C)N)cc1.CN(C)Cc1ccccc1CN(C)C. The first-order valence-corrected chi connectivity index (χ1v) is 10.1. The van der Waals surface area contributed by atoms with Gasteiger partial charge in [-0.2, -0.15) is 0 Å². The van der Waals surface area contributed by atoms with Gasteiger partial charge in [-0.05, 0) is 77.1 Å². The lowest BCUT2D eigenvalue weighted by molar-refractivity contribution is 0.381. The number of hydrogen-bond donors (Lipinski definition) is 2. The van der Waals surface area contributed by atoms with Crippen molar-refractivity contribution in [3.8, 4) is 0 Å². The lowest BCUT2D eigenvalue weighted by atomic mass is 10.0. The maximum atomic E-state index is 5.72. The van der Waals surface area contributed by atoms with Crippen molar-refractivity contribution in [2.45, 2.75) is 51.9 Å². The molecule has 4 nitrogen and oxygen atoms in total. The van der Waals surface area contributed by atoms with Crippen LogP contribution in [0.2, 0.25) is 0 Å². The Morgan fingerprint density at radius 1 is 0.643 bits per heavy atom. The van der Waals surface area contributed by atoms with Crippen LogP contribution in [0, 0.1) is 0 Å². The predicted molar refractivity (Wildman–Crippen MR) is 122 cm³/mol. The maximum absolute atomic E-state index is 5.72. The molecule has 4 heteroatoms. The summed E-state index contributed by atoms with van der Waals surface area (Å²) in [6, 6.07) is 17.7. The maximum Gasteiger partial charge on any atom is 0.0230 e. The minimum atomic E-state index is 0.231. The van der Waals surface area contributed by atoms with Gasteiger partial charge in [0, 0.05) is 25.2 Å². The van der Waals surface area contributed by atoms with Crippen LogP contribution in [0.4, 0.5) is 0 Å². The van der Waals surface area contributed by atoms with Crippen molar-refractivity contribution in [1.29, 1.82) is 0 Å². The molecule has 0 radical (unpaired) electrons. The Bertz CT molecular complexity index is 603. The molecule has 2 atom stereocenters. The molecule has 0 aliphatic carbocycles. The van der Waals surface area contributed by atoms with E-state index >= 15 is 0 Å². The smallest absolute Gasteiger partial charge is 0.0230 e. The van der Waals surface area contributed by atoms with Crippen LogP contribution in [0.15, 0.2) is 48.5 Å². The largest absolute Gasteiger partial charge is 0.328 e. The van der Waals surface area contributed by atoms with Gasteiger partial charge < -0.3 is 21.3 Å². The average molecular weight is 385 g/mol. The molecule has 0 amide bonds. The van der Waals surface area contributed by atoms with Crippen LogP contribution >= 0.6 is 0 Å². The first kappa shape index (κ1) is 24.3. The normalized spacial score (nSPS) is 13.2. The van der Waals surface area contributed by atoms with Gasteiger partial charge in [-0.15, -0.1) is 0 Å². The number of nitrogens with two attached hydrogens (primary N) is 2. The Hall–Kier alpha value is -1.72. The summed E-state index contributed by atoms with van der Waals surface area (Å²) in [7, 11) is 8.41. The Kier molecular flexibility index (Phi) is 11.0. The van der Waals surface area contributed by atoms with Gasteiger partial charge in [-0.1, -0.05) is 48.5 Å². The Balaban J connectivity index is 0.000000280. The van der Waals surface area contributed by atoms with Gasteiger partial charge in [0.25, 0.3) is 0 Å². The van der Waals surface area contributed by atoms with E-state index in [1.165, 1.54) is 22.3 Å². The predicted octanol–water partition coefficient (Wildman–Crippen LogP) is 3.28. The third-order valence-corrected chi connectivity index (χ3v) is 4.23. The fourth-order valence-electron chi connectivity index (χ4n) is 3.10. The molecule has 2 unspecified atom stereocenters. The van der Waals surface area contributed by atoms with Gasteiger partial charge in [0.1, 0.15) is 0 Å². The van der Waals surface area contributed by atoms with Gasteiger partial charge in [0.05, 0.1) is 0 Å². The first-order valence-electron chi connectivity index (χ1n) is 10.1. The van der Waals surface area contributed by atoms with Crippen molar-refractivity contribution in [3.05, 3.63) is 70.8 Å². The molecule has 0 heterocycles. The summed E-state index contributed by atoms with van der Waals surface area (Å²) < 4.78 is 0. The molecular weight excluding hydrogens is 344 g/mol. The van der Waals surface area contributed by atoms with Crippen LogP contribution in [0.1, 0.15) is 36.1 Å². The third kappa shape index (κ3) is 10.6. The van der Waals surface area contributed by atoms with E-state index in [9.17, 15) is 0 Å². The van der Waals surface area contributed by atoms with Crippen LogP contribution in [0.5, 0.6) is 0 Å². The molecule has 2 rings (SSSR count). The summed E-state index contributed by atoms with van der Waals surface area (Å²) in [5.74, 6) is 0. The molecule has 0 aromatic heterocycles. The standard InChI is InChI=1S/2C12H20N2/c1-13(2)9-11-7-5-6-8-12(11)10-14(3)4;1-9(13)7-11-3-5-12(6-4-11)8-10(2)14/h5-8H,9-10H2,1-4H3;3-6,9-10H,7-8,13-14H2,1-2H3. The molecule has 0 aliphatic heterocycles. The quantitative estimate of drug-likeness (QED) is 0.733. The van der Waals surface area contributed by atoms with Crippen LogP contribution < -0.4 is 11.5 Å². The first-order chi connectivity index (χ1) is 13.2. The number of rotatable bonds is 8. The van der Waals surface area contributed by atoms with Crippen LogP contribution in [0.25, 0.3) is 0 Å². The number of benzene rings is 2. The minimum absolute atomic E-state index is 0.231. The van der Waals surface area contributed by atoms with Crippen LogP contribution in [0.3, 0.4) is 0 Å². The van der Waals surface area contributed by atoms with Crippen molar-refractivity contribution in [1.82, 2.24) is 9.80 Å². The summed E-state index contributed by atoms with van der Waals surface area (Å²) in [4.78, 5) is 4.41. The van der Waals surface area contributed by atoms with E-state index in [1.807, 2.05) is 13.8 Å². The lowest BCUT2D eigenvalue weighted by Gasteiger charge is -2.16. The second-order valence-corrected chi connectivity index (χ2v) is 8.42. The van der Waals surface area contributed by atoms with Gasteiger partial charge in [0.15, 0.2) is 0 Å². The minimum Gasteiger partial charge on any atom is -0.328 e. The molecule has 2 aromatic carbocycles. The monoisotopic (exact) mass is 384 g/mol. The second-order valence-electron chi connectivity index (χ2n) is 8.42. The highest BCUT2D eigenvalue weighted by Gasteiger charge is 2.03. The van der Waals surface area contributed by atoms with Crippen LogP contribution in [-0.2, 0) is 25.9 Å². The highest BCUT2D eigenvalue weighted by Crippen LogP contribution is 2.12. The molecule has 0 bridgehead atoms. The van der Waals surface area contributed by atoms with Crippen molar-refractivity contribution in [2.24, 2.45) is 11.5 Å². The number of hydrogen-bond acceptors (Lipinski definition) is 4. The van der Waals surface area contributed by atoms with E-state index in [0.717, 1.165) is 25.9 Å². The van der Waals surface area contributed by atoms with Crippen molar-refractivity contribution < 1.29 is 0 Å². The van der Waals surface area contributed by atoms with E-state index in [-0.39, 0.29) is 12.1 Å². The van der Waals surface area contributed by atoms with Gasteiger partial charge in [-0.25, -0.2) is 0 Å². The molecule has 156 valence electrons. The van der Waals surface area contributed by atoms with E-state index < -0.39 is 0 Å². The molecule has 0 spiro atoms. The Morgan fingerprint density at radius 3 is 1.21 bits per heavy atom. The molecule has 28 heavy (non-hydrogen) atoms. The van der Waals surface area contributed by atoms with E-state index in [1.54, 1.807) is 0 Å². The zero-order valence-corrected chi connectivity index (χ0v) is 18.7. The highest BCUT2D eigenvalue weighted by atomic mass is 15.1. The fourth-order valence-corrected chi connectivity index (χ4v) is 3.10. The number of nitrogens with zero attached hydrogens (tertiary/aromatic N) is 2. The van der Waals surface area contributed by atoms with E-state index in [2.05, 4.69) is 86.5 Å². The summed E-state index contributed by atoms with van der Waals surface area (Å²) in [6.07, 6.45) is 1.89. The summed E-state index contributed by atoms with van der Waals surface area (Å²) in [6.45, 7) is 6.08. The van der Waals surface area contributed by atoms with E-state index in [0.29, 0.717) is 0 Å². The Morgan fingerprint density at radius 2 is 0.964 bits per heavy atom. The summed E-state index contributed by atoms with van der Waals surface area (Å²) >= 11 is 0. The van der Waals surface area contributed by atoms with Gasteiger partial charge >= 0.3 is 0 Å². The molecule has 4 N–H and O–H groups in total. The van der Waals surface area contributed by atoms with Gasteiger partial charge in [0.2, 0.25) is 0 Å². The topological polar surface area (TPSA) is 58.5 Å². The molecular formula is C24H40N4. The summed E-state index contributed by atoms with van der Waals surface area (Å²) in [5, 5.41) is 0. The lowest BCUT2D eigenvalue weighted by Crippen LogP contribution is -2.18. The van der Waals surface area contributed by atoms with Crippen molar-refractivity contribution in [3.63, 3.8) is 0 Å². The summed E-state index contributed by atoms with van der Waals surface area (Å²) in [5.41, 5.74) is 16.9. The average Bonchev–Trinajstić information content (AvgIpc) is 2.57. The molecule has 0 fully saturated rings. The van der Waals surface area contributed by atoms with Crippen LogP contribution in [-0.4, -0.2) is 50.1 Å². The Labute approximate surface area is 172 Å². The second kappa shape index (κ2) is 12.7. The highest BCUT2D eigenvalue weighted by molar-refractivity contribution is 5.27. The van der Waals surface area contributed by atoms with E-state index in [4.69, 9.17) is 11.5 Å². The fraction of sp³-hybridized carbons (Fsp3) is 0.500.